The van der Waals surface area contributed by atoms with Crippen LogP contribution < -0.4 is 9.80 Å². The van der Waals surface area contributed by atoms with Crippen molar-refractivity contribution in [3.63, 3.8) is 0 Å². The zero-order valence-electron chi connectivity index (χ0n) is 20.8. The highest BCUT2D eigenvalue weighted by molar-refractivity contribution is 5.82. The lowest BCUT2D eigenvalue weighted by atomic mass is 9.66. The van der Waals surface area contributed by atoms with Crippen molar-refractivity contribution in [3.8, 4) is 6.07 Å². The van der Waals surface area contributed by atoms with Gasteiger partial charge in [0.25, 0.3) is 5.91 Å². The van der Waals surface area contributed by atoms with Crippen molar-refractivity contribution in [1.82, 2.24) is 19.9 Å². The standard InChI is InChI=1S/C26H31N7O3/c1-17-13-32(25(34)20-14-35-8-9-36-20)18(2)12-31(17)23-22-24(30-16-29-23)33(15-26(22)5-3-6-26)21-10-19(11-27)4-7-28-21/h4,7,10,16-18,20H,3,5-6,8-9,12-15H2,1-2H3/t17-,18+,20?/m0/s1. The molecule has 4 aliphatic rings. The van der Waals surface area contributed by atoms with Crippen molar-refractivity contribution in [2.24, 2.45) is 0 Å². The summed E-state index contributed by atoms with van der Waals surface area (Å²) in [6.45, 7) is 7.62. The smallest absolute Gasteiger partial charge is 0.254 e. The number of pyridine rings is 1. The molecule has 5 heterocycles. The number of piperazine rings is 1. The molecule has 3 aliphatic heterocycles. The van der Waals surface area contributed by atoms with Gasteiger partial charge >= 0.3 is 0 Å². The maximum Gasteiger partial charge on any atom is 0.254 e. The highest BCUT2D eigenvalue weighted by Crippen LogP contribution is 2.56. The number of rotatable bonds is 3. The highest BCUT2D eigenvalue weighted by Gasteiger charge is 2.52. The molecule has 1 aliphatic carbocycles. The minimum Gasteiger partial charge on any atom is -0.376 e. The number of carbonyl (C=O) groups is 1. The predicted molar refractivity (Wildman–Crippen MR) is 132 cm³/mol. The topological polar surface area (TPSA) is 108 Å². The Morgan fingerprint density at radius 1 is 1.14 bits per heavy atom. The Bertz CT molecular complexity index is 1200. The van der Waals surface area contributed by atoms with Gasteiger partial charge in [0, 0.05) is 48.9 Å². The lowest BCUT2D eigenvalue weighted by molar-refractivity contribution is -0.160. The Balaban J connectivity index is 1.32. The average molecular weight is 490 g/mol. The quantitative estimate of drug-likeness (QED) is 0.641. The molecule has 1 saturated carbocycles. The molecule has 36 heavy (non-hydrogen) atoms. The number of fused-ring (bicyclic) bond motifs is 2. The maximum atomic E-state index is 13.2. The van der Waals surface area contributed by atoms with Gasteiger partial charge in [-0.2, -0.15) is 5.26 Å². The number of carbonyl (C=O) groups excluding carboxylic acids is 1. The van der Waals surface area contributed by atoms with Crippen LogP contribution in [0.5, 0.6) is 0 Å². The fourth-order valence-electron chi connectivity index (χ4n) is 6.10. The summed E-state index contributed by atoms with van der Waals surface area (Å²) in [5, 5.41) is 9.40. The predicted octanol–water partition coefficient (Wildman–Crippen LogP) is 2.16. The summed E-state index contributed by atoms with van der Waals surface area (Å²) in [4.78, 5) is 33.7. The highest BCUT2D eigenvalue weighted by atomic mass is 16.6. The van der Waals surface area contributed by atoms with Crippen LogP contribution in [0.3, 0.4) is 0 Å². The van der Waals surface area contributed by atoms with E-state index in [1.54, 1.807) is 18.6 Å². The van der Waals surface area contributed by atoms with E-state index in [0.29, 0.717) is 38.5 Å². The number of anilines is 3. The summed E-state index contributed by atoms with van der Waals surface area (Å²) < 4.78 is 11.2. The number of nitriles is 1. The number of aromatic nitrogens is 3. The first kappa shape index (κ1) is 23.1. The van der Waals surface area contributed by atoms with Crippen LogP contribution in [0.4, 0.5) is 17.5 Å². The van der Waals surface area contributed by atoms with Crippen LogP contribution in [0.25, 0.3) is 0 Å². The Morgan fingerprint density at radius 3 is 2.69 bits per heavy atom. The molecule has 0 radical (unpaired) electrons. The van der Waals surface area contributed by atoms with Crippen molar-refractivity contribution < 1.29 is 14.3 Å². The molecule has 3 fully saturated rings. The van der Waals surface area contributed by atoms with E-state index in [4.69, 9.17) is 19.4 Å². The summed E-state index contributed by atoms with van der Waals surface area (Å²) in [7, 11) is 0. The summed E-state index contributed by atoms with van der Waals surface area (Å²) in [5.74, 6) is 2.60. The Hall–Kier alpha value is -3.29. The van der Waals surface area contributed by atoms with Gasteiger partial charge in [-0.25, -0.2) is 15.0 Å². The van der Waals surface area contributed by atoms with Crippen molar-refractivity contribution in [2.75, 3.05) is 49.3 Å². The molecule has 10 heteroatoms. The van der Waals surface area contributed by atoms with Gasteiger partial charge in [0.1, 0.15) is 23.8 Å². The monoisotopic (exact) mass is 489 g/mol. The molecule has 6 rings (SSSR count). The molecule has 0 bridgehead atoms. The van der Waals surface area contributed by atoms with Crippen LogP contribution >= 0.6 is 0 Å². The van der Waals surface area contributed by atoms with Crippen LogP contribution in [0.1, 0.15) is 44.2 Å². The summed E-state index contributed by atoms with van der Waals surface area (Å²) in [5.41, 5.74) is 1.75. The minimum absolute atomic E-state index is 0.00621. The van der Waals surface area contributed by atoms with Crippen LogP contribution in [0, 0.1) is 11.3 Å². The lowest BCUT2D eigenvalue weighted by Crippen LogP contribution is -2.61. The third-order valence-corrected chi connectivity index (χ3v) is 8.15. The first-order valence-corrected chi connectivity index (χ1v) is 12.8. The molecule has 3 atom stereocenters. The fourth-order valence-corrected chi connectivity index (χ4v) is 6.10. The zero-order valence-corrected chi connectivity index (χ0v) is 20.8. The molecule has 188 valence electrons. The van der Waals surface area contributed by atoms with Gasteiger partial charge in [-0.3, -0.25) is 4.79 Å². The molecule has 2 aromatic heterocycles. The molecular weight excluding hydrogens is 458 g/mol. The van der Waals surface area contributed by atoms with E-state index in [9.17, 15) is 10.1 Å². The average Bonchev–Trinajstić information content (AvgIpc) is 3.27. The van der Waals surface area contributed by atoms with E-state index in [1.807, 2.05) is 11.0 Å². The fraction of sp³-hybridized carbons (Fsp3) is 0.577. The SMILES string of the molecule is C[C@@H]1CN(c2ncnc3c2C2(CCC2)CN3c2cc(C#N)ccn2)[C@@H](C)CN1C(=O)C1COCCO1. The van der Waals surface area contributed by atoms with Gasteiger partial charge in [0.2, 0.25) is 0 Å². The molecule has 0 aromatic carbocycles. The molecule has 1 spiro atoms. The van der Waals surface area contributed by atoms with Gasteiger partial charge in [0.15, 0.2) is 6.10 Å². The van der Waals surface area contributed by atoms with E-state index in [1.165, 1.54) is 12.0 Å². The summed E-state index contributed by atoms with van der Waals surface area (Å²) in [6.07, 6.45) is 6.13. The number of ether oxygens (including phenoxy) is 2. The number of hydrogen-bond donors (Lipinski definition) is 0. The molecule has 0 N–H and O–H groups in total. The van der Waals surface area contributed by atoms with Crippen LogP contribution in [0.2, 0.25) is 0 Å². The third kappa shape index (κ3) is 3.69. The molecule has 10 nitrogen and oxygen atoms in total. The lowest BCUT2D eigenvalue weighted by Gasteiger charge is -2.47. The Labute approximate surface area is 210 Å². The number of hydrogen-bond acceptors (Lipinski definition) is 9. The van der Waals surface area contributed by atoms with Crippen LogP contribution in [0.15, 0.2) is 24.7 Å². The Morgan fingerprint density at radius 2 is 1.97 bits per heavy atom. The molecule has 2 saturated heterocycles. The van der Waals surface area contributed by atoms with Gasteiger partial charge < -0.3 is 24.2 Å². The normalized spacial score (nSPS) is 26.9. The first-order chi connectivity index (χ1) is 17.5. The van der Waals surface area contributed by atoms with Crippen molar-refractivity contribution in [2.45, 2.75) is 56.7 Å². The van der Waals surface area contributed by atoms with E-state index in [0.717, 1.165) is 36.8 Å². The van der Waals surface area contributed by atoms with Crippen molar-refractivity contribution in [1.29, 1.82) is 5.26 Å². The van der Waals surface area contributed by atoms with E-state index in [-0.39, 0.29) is 23.4 Å². The van der Waals surface area contributed by atoms with Gasteiger partial charge in [-0.05, 0) is 38.8 Å². The molecular formula is C26H31N7O3. The second-order valence-corrected chi connectivity index (χ2v) is 10.4. The Kier molecular flexibility index (Phi) is 5.77. The number of amides is 1. The van der Waals surface area contributed by atoms with E-state index < -0.39 is 6.10 Å². The molecule has 2 aromatic rings. The van der Waals surface area contributed by atoms with Gasteiger partial charge in [0.05, 0.1) is 31.5 Å². The van der Waals surface area contributed by atoms with Crippen LogP contribution in [-0.2, 0) is 19.7 Å². The second kappa shape index (κ2) is 8.98. The second-order valence-electron chi connectivity index (χ2n) is 10.4. The molecule has 1 amide bonds. The van der Waals surface area contributed by atoms with Gasteiger partial charge in [-0.1, -0.05) is 6.42 Å². The minimum atomic E-state index is -0.522. The summed E-state index contributed by atoms with van der Waals surface area (Å²) in [6, 6.07) is 5.86. The number of nitrogens with zero attached hydrogens (tertiary/aromatic N) is 7. The largest absolute Gasteiger partial charge is 0.376 e. The van der Waals surface area contributed by atoms with Crippen molar-refractivity contribution >= 4 is 23.4 Å². The van der Waals surface area contributed by atoms with E-state index >= 15 is 0 Å². The van der Waals surface area contributed by atoms with E-state index in [2.05, 4.69) is 34.7 Å². The third-order valence-electron chi connectivity index (χ3n) is 8.15. The zero-order chi connectivity index (χ0) is 24.9. The maximum absolute atomic E-state index is 13.2. The molecule has 1 unspecified atom stereocenters. The van der Waals surface area contributed by atoms with Crippen molar-refractivity contribution in [3.05, 3.63) is 35.8 Å². The van der Waals surface area contributed by atoms with Gasteiger partial charge in [-0.15, -0.1) is 0 Å². The first-order valence-electron chi connectivity index (χ1n) is 12.8. The summed E-state index contributed by atoms with van der Waals surface area (Å²) >= 11 is 0. The van der Waals surface area contributed by atoms with Crippen LogP contribution in [-0.4, -0.2) is 83.4 Å².